The van der Waals surface area contributed by atoms with Gasteiger partial charge in [-0.25, -0.2) is 0 Å². The third-order valence-corrected chi connectivity index (χ3v) is 3.50. The minimum Gasteiger partial charge on any atom is -0.350 e. The maximum atomic E-state index is 4.17. The Morgan fingerprint density at radius 1 is 1.30 bits per heavy atom. The predicted octanol–water partition coefficient (Wildman–Crippen LogP) is 3.63. The van der Waals surface area contributed by atoms with Gasteiger partial charge in [-0.15, -0.1) is 0 Å². The summed E-state index contributed by atoms with van der Waals surface area (Å²) in [6, 6.07) is 6.76. The molecule has 0 saturated carbocycles. The van der Waals surface area contributed by atoms with Gasteiger partial charge >= 0.3 is 0 Å². The van der Waals surface area contributed by atoms with E-state index in [-0.39, 0.29) is 0 Å². The normalized spacial score (nSPS) is 12.8. The fourth-order valence-corrected chi connectivity index (χ4v) is 2.48. The molecule has 1 unspecified atom stereocenters. The summed E-state index contributed by atoms with van der Waals surface area (Å²) in [7, 11) is 0. The number of pyridine rings is 1. The van der Waals surface area contributed by atoms with Crippen molar-refractivity contribution in [2.24, 2.45) is 5.92 Å². The van der Waals surface area contributed by atoms with Gasteiger partial charge in [0.15, 0.2) is 0 Å². The minimum absolute atomic E-state index is 0.435. The third-order valence-electron chi connectivity index (χ3n) is 3.50. The van der Waals surface area contributed by atoms with E-state index in [1.165, 1.54) is 17.5 Å². The third kappa shape index (κ3) is 3.94. The molecule has 0 radical (unpaired) electrons. The monoisotopic (exact) mass is 271 g/mol. The Bertz CT molecular complexity index is 502. The van der Waals surface area contributed by atoms with E-state index in [0.717, 1.165) is 13.1 Å². The average molecular weight is 271 g/mol. The van der Waals surface area contributed by atoms with Crippen LogP contribution in [0.25, 0.3) is 0 Å². The van der Waals surface area contributed by atoms with Crippen molar-refractivity contribution in [3.8, 4) is 0 Å². The lowest BCUT2D eigenvalue weighted by Crippen LogP contribution is -2.26. The zero-order chi connectivity index (χ0) is 14.4. The van der Waals surface area contributed by atoms with Crippen molar-refractivity contribution in [1.29, 1.82) is 0 Å². The zero-order valence-electron chi connectivity index (χ0n) is 12.7. The van der Waals surface area contributed by atoms with E-state index in [2.05, 4.69) is 60.2 Å². The van der Waals surface area contributed by atoms with Crippen LogP contribution in [0.4, 0.5) is 0 Å². The highest BCUT2D eigenvalue weighted by atomic mass is 15.0. The lowest BCUT2D eigenvalue weighted by atomic mass is 9.98. The molecular formula is C17H25N3. The van der Waals surface area contributed by atoms with Gasteiger partial charge in [0.05, 0.1) is 0 Å². The number of nitrogens with one attached hydrogen (secondary N) is 1. The first-order valence-electron chi connectivity index (χ1n) is 7.48. The van der Waals surface area contributed by atoms with E-state index in [4.69, 9.17) is 0 Å². The number of aromatic nitrogens is 2. The Morgan fingerprint density at radius 2 is 2.15 bits per heavy atom. The van der Waals surface area contributed by atoms with Crippen molar-refractivity contribution in [1.82, 2.24) is 14.9 Å². The second-order valence-corrected chi connectivity index (χ2v) is 5.65. The molecule has 108 valence electrons. The van der Waals surface area contributed by atoms with Gasteiger partial charge in [0.25, 0.3) is 0 Å². The number of nitrogens with zero attached hydrogens (tertiary/aromatic N) is 2. The molecule has 0 amide bonds. The Kier molecular flexibility index (Phi) is 5.36. The van der Waals surface area contributed by atoms with E-state index in [1.54, 1.807) is 0 Å². The van der Waals surface area contributed by atoms with E-state index in [9.17, 15) is 0 Å². The molecule has 20 heavy (non-hydrogen) atoms. The summed E-state index contributed by atoms with van der Waals surface area (Å²) in [5.41, 5.74) is 2.61. The second-order valence-electron chi connectivity index (χ2n) is 5.65. The fourth-order valence-electron chi connectivity index (χ4n) is 2.48. The van der Waals surface area contributed by atoms with Crippen LogP contribution in [-0.2, 0) is 6.54 Å². The first-order valence-corrected chi connectivity index (χ1v) is 7.48. The molecule has 2 aromatic rings. The second kappa shape index (κ2) is 7.25. The smallest absolute Gasteiger partial charge is 0.0485 e. The van der Waals surface area contributed by atoms with Crippen LogP contribution in [0.2, 0.25) is 0 Å². The van der Waals surface area contributed by atoms with Crippen molar-refractivity contribution in [3.05, 3.63) is 54.1 Å². The van der Waals surface area contributed by atoms with Crippen LogP contribution in [0, 0.1) is 5.92 Å². The van der Waals surface area contributed by atoms with Crippen molar-refractivity contribution in [2.75, 3.05) is 6.54 Å². The molecule has 2 aromatic heterocycles. The molecular weight excluding hydrogens is 246 g/mol. The first-order chi connectivity index (χ1) is 9.70. The van der Waals surface area contributed by atoms with E-state index >= 15 is 0 Å². The Labute approximate surface area is 122 Å². The van der Waals surface area contributed by atoms with Gasteiger partial charge in [0, 0.05) is 37.4 Å². The Morgan fingerprint density at radius 3 is 2.80 bits per heavy atom. The summed E-state index contributed by atoms with van der Waals surface area (Å²) in [6.45, 7) is 8.69. The highest BCUT2D eigenvalue weighted by molar-refractivity contribution is 5.18. The van der Waals surface area contributed by atoms with Gasteiger partial charge in [0.1, 0.15) is 0 Å². The fraction of sp³-hybridized carbons (Fsp3) is 0.471. The van der Waals surface area contributed by atoms with Crippen LogP contribution in [0.5, 0.6) is 0 Å². The van der Waals surface area contributed by atoms with E-state index in [0.29, 0.717) is 12.0 Å². The molecule has 1 atom stereocenters. The van der Waals surface area contributed by atoms with Crippen LogP contribution in [0.3, 0.4) is 0 Å². The SMILES string of the molecule is CCCNC(c1ccn(Cc2cccnc2)c1)C(C)C. The summed E-state index contributed by atoms with van der Waals surface area (Å²) in [6.07, 6.45) is 9.31. The lowest BCUT2D eigenvalue weighted by Gasteiger charge is -2.21. The highest BCUT2D eigenvalue weighted by Crippen LogP contribution is 2.22. The minimum atomic E-state index is 0.435. The molecule has 0 spiro atoms. The molecule has 0 aliphatic carbocycles. The molecule has 0 bridgehead atoms. The molecule has 0 aromatic carbocycles. The quantitative estimate of drug-likeness (QED) is 0.833. The first kappa shape index (κ1) is 14.8. The Balaban J connectivity index is 2.06. The van der Waals surface area contributed by atoms with Crippen molar-refractivity contribution >= 4 is 0 Å². The molecule has 3 nitrogen and oxygen atoms in total. The van der Waals surface area contributed by atoms with E-state index in [1.807, 2.05) is 18.5 Å². The Hall–Kier alpha value is -1.61. The summed E-state index contributed by atoms with van der Waals surface area (Å²) in [4.78, 5) is 4.17. The maximum Gasteiger partial charge on any atom is 0.0485 e. The number of rotatable bonds is 7. The van der Waals surface area contributed by atoms with E-state index < -0.39 is 0 Å². The topological polar surface area (TPSA) is 29.9 Å². The lowest BCUT2D eigenvalue weighted by molar-refractivity contribution is 0.412. The van der Waals surface area contributed by atoms with Crippen molar-refractivity contribution in [3.63, 3.8) is 0 Å². The molecule has 2 rings (SSSR count). The zero-order valence-corrected chi connectivity index (χ0v) is 12.7. The summed E-state index contributed by atoms with van der Waals surface area (Å²) >= 11 is 0. The number of hydrogen-bond donors (Lipinski definition) is 1. The largest absolute Gasteiger partial charge is 0.350 e. The van der Waals surface area contributed by atoms with Gasteiger partial charge in [-0.3, -0.25) is 4.98 Å². The molecule has 0 fully saturated rings. The average Bonchev–Trinajstić information content (AvgIpc) is 2.88. The molecule has 0 saturated heterocycles. The van der Waals surface area contributed by atoms with Gasteiger partial charge in [0.2, 0.25) is 0 Å². The van der Waals surface area contributed by atoms with Gasteiger partial charge in [-0.2, -0.15) is 0 Å². The van der Waals surface area contributed by atoms with Gasteiger partial charge in [-0.1, -0.05) is 26.8 Å². The van der Waals surface area contributed by atoms with Crippen LogP contribution in [-0.4, -0.2) is 16.1 Å². The van der Waals surface area contributed by atoms with Gasteiger partial charge in [-0.05, 0) is 42.1 Å². The molecule has 0 aliphatic heterocycles. The van der Waals surface area contributed by atoms with Crippen LogP contribution in [0.15, 0.2) is 43.0 Å². The van der Waals surface area contributed by atoms with Crippen LogP contribution >= 0.6 is 0 Å². The molecule has 0 aliphatic rings. The molecule has 3 heteroatoms. The van der Waals surface area contributed by atoms with Crippen LogP contribution in [0.1, 0.15) is 44.4 Å². The molecule has 1 N–H and O–H groups in total. The van der Waals surface area contributed by atoms with Crippen LogP contribution < -0.4 is 5.32 Å². The summed E-state index contributed by atoms with van der Waals surface area (Å²) in [5.74, 6) is 0.593. The highest BCUT2D eigenvalue weighted by Gasteiger charge is 2.15. The summed E-state index contributed by atoms with van der Waals surface area (Å²) in [5, 5.41) is 3.64. The predicted molar refractivity (Wildman–Crippen MR) is 83.6 cm³/mol. The number of hydrogen-bond acceptors (Lipinski definition) is 2. The standard InChI is InChI=1S/C17H25N3/c1-4-8-19-17(14(2)3)16-7-10-20(13-16)12-15-6-5-9-18-11-15/h5-7,9-11,13-14,17,19H,4,8,12H2,1-3H3. The van der Waals surface area contributed by atoms with Gasteiger partial charge < -0.3 is 9.88 Å². The van der Waals surface area contributed by atoms with Crippen molar-refractivity contribution < 1.29 is 0 Å². The maximum absolute atomic E-state index is 4.17. The van der Waals surface area contributed by atoms with Crippen molar-refractivity contribution in [2.45, 2.75) is 39.8 Å². The molecule has 2 heterocycles. The summed E-state index contributed by atoms with van der Waals surface area (Å²) < 4.78 is 2.23.